The zero-order chi connectivity index (χ0) is 17.1. The number of ether oxygens (including phenoxy) is 4. The van der Waals surface area contributed by atoms with E-state index in [1.54, 1.807) is 14.2 Å². The predicted octanol–water partition coefficient (Wildman–Crippen LogP) is -1.41. The minimum atomic E-state index is 0.0376. The number of hydrogen-bond acceptors (Lipinski definition) is 6. The Hall–Kier alpha value is -0.890. The lowest BCUT2D eigenvalue weighted by Crippen LogP contribution is -2.28. The Labute approximate surface area is 145 Å². The van der Waals surface area contributed by atoms with Gasteiger partial charge in [-0.3, -0.25) is 0 Å². The molecular formula is C15H27B2N3O4. The van der Waals surface area contributed by atoms with Gasteiger partial charge in [0.1, 0.15) is 21.8 Å². The van der Waals surface area contributed by atoms with E-state index in [1.807, 2.05) is 10.9 Å². The first-order valence-electron chi connectivity index (χ1n) is 8.80. The third-order valence-corrected chi connectivity index (χ3v) is 5.01. The van der Waals surface area contributed by atoms with E-state index in [0.717, 1.165) is 25.0 Å². The Balaban J connectivity index is 1.57. The first-order chi connectivity index (χ1) is 11.6. The molecule has 2 aliphatic heterocycles. The van der Waals surface area contributed by atoms with E-state index in [1.165, 1.54) is 0 Å². The minimum absolute atomic E-state index is 0.0376. The molecule has 1 aromatic heterocycles. The van der Waals surface area contributed by atoms with Crippen molar-refractivity contribution >= 4 is 15.7 Å². The summed E-state index contributed by atoms with van der Waals surface area (Å²) in [6.45, 7) is 1.31. The van der Waals surface area contributed by atoms with Gasteiger partial charge in [-0.05, 0) is 25.2 Å². The second-order valence-electron chi connectivity index (χ2n) is 7.07. The Morgan fingerprint density at radius 3 is 2.71 bits per heavy atom. The fraction of sp³-hybridized carbons (Fsp3) is 0.867. The molecule has 0 saturated carbocycles. The van der Waals surface area contributed by atoms with Crippen molar-refractivity contribution in [2.45, 2.75) is 56.1 Å². The van der Waals surface area contributed by atoms with Crippen LogP contribution in [-0.4, -0.2) is 81.8 Å². The number of methoxy groups -OCH3 is 2. The number of hydrogen-bond donors (Lipinski definition) is 0. The van der Waals surface area contributed by atoms with Gasteiger partial charge in [0.2, 0.25) is 0 Å². The second kappa shape index (κ2) is 7.99. The van der Waals surface area contributed by atoms with Crippen LogP contribution >= 0.6 is 0 Å². The van der Waals surface area contributed by atoms with Gasteiger partial charge in [0.25, 0.3) is 0 Å². The Bertz CT molecular complexity index is 533. The van der Waals surface area contributed by atoms with E-state index < -0.39 is 0 Å². The van der Waals surface area contributed by atoms with Gasteiger partial charge >= 0.3 is 0 Å². The quantitative estimate of drug-likeness (QED) is 0.571. The van der Waals surface area contributed by atoms with Gasteiger partial charge in [0, 0.05) is 32.4 Å². The molecule has 0 amide bonds. The van der Waals surface area contributed by atoms with Crippen LogP contribution < -0.4 is 0 Å². The van der Waals surface area contributed by atoms with Crippen LogP contribution in [0.2, 0.25) is 0 Å². The van der Waals surface area contributed by atoms with Gasteiger partial charge in [0.05, 0.1) is 31.1 Å². The summed E-state index contributed by atoms with van der Waals surface area (Å²) in [6, 6.07) is 0.510. The van der Waals surface area contributed by atoms with Crippen molar-refractivity contribution in [1.29, 1.82) is 0 Å². The fourth-order valence-electron chi connectivity index (χ4n) is 3.90. The molecule has 9 heteroatoms. The average molecular weight is 335 g/mol. The molecular weight excluding hydrogens is 308 g/mol. The van der Waals surface area contributed by atoms with Crippen LogP contribution in [0.25, 0.3) is 0 Å². The maximum absolute atomic E-state index is 5.92. The lowest BCUT2D eigenvalue weighted by Gasteiger charge is -2.17. The van der Waals surface area contributed by atoms with E-state index in [2.05, 4.69) is 26.0 Å². The lowest BCUT2D eigenvalue weighted by atomic mass is 9.88. The maximum Gasteiger partial charge on any atom is 0.139 e. The molecule has 0 radical (unpaired) electrons. The number of rotatable bonds is 7. The largest absolute Gasteiger partial charge is 0.382 e. The molecule has 3 heterocycles. The highest BCUT2D eigenvalue weighted by molar-refractivity contribution is 6.11. The summed E-state index contributed by atoms with van der Waals surface area (Å²) in [5.41, 5.74) is 0.999. The molecule has 2 unspecified atom stereocenters. The maximum atomic E-state index is 5.92. The van der Waals surface area contributed by atoms with Crippen LogP contribution in [0.4, 0.5) is 0 Å². The first kappa shape index (κ1) is 17.9. The molecule has 132 valence electrons. The highest BCUT2D eigenvalue weighted by Crippen LogP contribution is 2.28. The SMILES string of the molecule is B[C@H]1CC(Cc2cn(C[C@H]3O[C@@H](B)CC3OC)nn2)[C@@H](COC)O1. The summed E-state index contributed by atoms with van der Waals surface area (Å²) in [4.78, 5) is 0. The van der Waals surface area contributed by atoms with E-state index in [4.69, 9.17) is 18.9 Å². The molecule has 3 rings (SSSR count). The molecule has 6 atom stereocenters. The molecule has 0 bridgehead atoms. The molecule has 2 aliphatic rings. The van der Waals surface area contributed by atoms with E-state index in [0.29, 0.717) is 19.1 Å². The second-order valence-corrected chi connectivity index (χ2v) is 7.07. The third kappa shape index (κ3) is 4.20. The molecule has 7 nitrogen and oxygen atoms in total. The van der Waals surface area contributed by atoms with Gasteiger partial charge in [0.15, 0.2) is 0 Å². The normalized spacial score (nSPS) is 36.4. The van der Waals surface area contributed by atoms with E-state index in [9.17, 15) is 0 Å². The molecule has 24 heavy (non-hydrogen) atoms. The molecule has 2 fully saturated rings. The fourth-order valence-corrected chi connectivity index (χ4v) is 3.90. The van der Waals surface area contributed by atoms with Crippen LogP contribution in [0.3, 0.4) is 0 Å². The van der Waals surface area contributed by atoms with Crippen LogP contribution in [0.1, 0.15) is 18.5 Å². The Morgan fingerprint density at radius 1 is 1.21 bits per heavy atom. The predicted molar refractivity (Wildman–Crippen MR) is 93.5 cm³/mol. The summed E-state index contributed by atoms with van der Waals surface area (Å²) < 4.78 is 24.5. The highest BCUT2D eigenvalue weighted by atomic mass is 16.6. The summed E-state index contributed by atoms with van der Waals surface area (Å²) >= 11 is 0. The summed E-state index contributed by atoms with van der Waals surface area (Å²) in [7, 11) is 7.65. The van der Waals surface area contributed by atoms with Crippen molar-refractivity contribution in [2.75, 3.05) is 20.8 Å². The highest BCUT2D eigenvalue weighted by Gasteiger charge is 2.35. The molecule has 1 aromatic rings. The van der Waals surface area contributed by atoms with E-state index in [-0.39, 0.29) is 30.3 Å². The van der Waals surface area contributed by atoms with Crippen LogP contribution in [0, 0.1) is 5.92 Å². The molecule has 0 aliphatic carbocycles. The van der Waals surface area contributed by atoms with Gasteiger partial charge in [-0.15, -0.1) is 5.10 Å². The van der Waals surface area contributed by atoms with Crippen molar-refractivity contribution in [1.82, 2.24) is 15.0 Å². The van der Waals surface area contributed by atoms with E-state index >= 15 is 0 Å². The molecule has 2 saturated heterocycles. The van der Waals surface area contributed by atoms with Crippen molar-refractivity contribution in [3.05, 3.63) is 11.9 Å². The molecule has 0 spiro atoms. The summed E-state index contributed by atoms with van der Waals surface area (Å²) in [5, 5.41) is 8.60. The topological polar surface area (TPSA) is 67.6 Å². The van der Waals surface area contributed by atoms with Gasteiger partial charge in [-0.25, -0.2) is 4.68 Å². The van der Waals surface area contributed by atoms with Crippen molar-refractivity contribution < 1.29 is 18.9 Å². The van der Waals surface area contributed by atoms with Crippen molar-refractivity contribution in [3.8, 4) is 0 Å². The van der Waals surface area contributed by atoms with Crippen LogP contribution in [0.15, 0.2) is 6.20 Å². The first-order valence-corrected chi connectivity index (χ1v) is 8.80. The van der Waals surface area contributed by atoms with Gasteiger partial charge in [-0.1, -0.05) is 5.21 Å². The minimum Gasteiger partial charge on any atom is -0.382 e. The van der Waals surface area contributed by atoms with Crippen molar-refractivity contribution in [3.63, 3.8) is 0 Å². The Morgan fingerprint density at radius 2 is 1.96 bits per heavy atom. The van der Waals surface area contributed by atoms with Crippen LogP contribution in [-0.2, 0) is 31.9 Å². The standard InChI is InChI=1S/C15H27B2N3O4/c1-21-8-13-9(4-14(16)24-13)3-10-6-20(19-18-10)7-12-11(22-2)5-15(17)23-12/h6,9,11-15H,3-5,7-8,16-17H2,1-2H3/t9?,11?,12-,13-,14-,15-/m1/s1. The van der Waals surface area contributed by atoms with Gasteiger partial charge < -0.3 is 18.9 Å². The van der Waals surface area contributed by atoms with Gasteiger partial charge in [-0.2, -0.15) is 0 Å². The third-order valence-electron chi connectivity index (χ3n) is 5.01. The summed E-state index contributed by atoms with van der Waals surface area (Å²) in [6.07, 6.45) is 5.17. The Kier molecular flexibility index (Phi) is 5.97. The monoisotopic (exact) mass is 335 g/mol. The molecule has 0 aromatic carbocycles. The zero-order valence-corrected chi connectivity index (χ0v) is 15.1. The zero-order valence-electron chi connectivity index (χ0n) is 15.1. The molecule has 0 N–H and O–H groups in total. The summed E-state index contributed by atoms with van der Waals surface area (Å²) in [5.74, 6) is 0.430. The number of nitrogens with zero attached hydrogens (tertiary/aromatic N) is 3. The lowest BCUT2D eigenvalue weighted by molar-refractivity contribution is -0.00138. The average Bonchev–Trinajstić information content (AvgIpc) is 3.21. The van der Waals surface area contributed by atoms with Crippen LogP contribution in [0.5, 0.6) is 0 Å². The number of aromatic nitrogens is 3. The van der Waals surface area contributed by atoms with Crippen molar-refractivity contribution in [2.24, 2.45) is 5.92 Å². The smallest absolute Gasteiger partial charge is 0.139 e.